The van der Waals surface area contributed by atoms with Crippen molar-refractivity contribution >= 4 is 44.9 Å². The Morgan fingerprint density at radius 2 is 1.03 bits per heavy atom. The summed E-state index contributed by atoms with van der Waals surface area (Å²) in [7, 11) is 4.32. The predicted octanol–water partition coefficient (Wildman–Crippen LogP) is 5.93. The molecule has 0 fully saturated rings. The average Bonchev–Trinajstić information content (AvgIpc) is 3.30. The van der Waals surface area contributed by atoms with Gasteiger partial charge in [0.05, 0.1) is 36.1 Å². The topological polar surface area (TPSA) is 13.0 Å². The van der Waals surface area contributed by atoms with Crippen LogP contribution in [0.25, 0.3) is 10.8 Å². The van der Waals surface area contributed by atoms with Gasteiger partial charge in [0.2, 0.25) is 0 Å². The van der Waals surface area contributed by atoms with Crippen LogP contribution in [0.15, 0.2) is 84.9 Å². The first-order valence-electron chi connectivity index (χ1n) is 10.4. The highest BCUT2D eigenvalue weighted by atomic mass is 15.4. The molecule has 6 rings (SSSR count). The SMILES string of the molecule is CN1CN(c2cccc(N3CN(C)c4cc5ccccc5cc43)c2)c2ccccc21. The molecule has 4 aromatic rings. The van der Waals surface area contributed by atoms with Gasteiger partial charge in [0.15, 0.2) is 0 Å². The first-order valence-corrected chi connectivity index (χ1v) is 10.4. The maximum atomic E-state index is 2.41. The molecule has 0 unspecified atom stereocenters. The van der Waals surface area contributed by atoms with Crippen LogP contribution in [-0.2, 0) is 0 Å². The molecule has 0 bridgehead atoms. The second-order valence-electron chi connectivity index (χ2n) is 8.23. The molecule has 148 valence electrons. The van der Waals surface area contributed by atoms with Crippen LogP contribution in [-0.4, -0.2) is 27.4 Å². The molecule has 2 aliphatic rings. The van der Waals surface area contributed by atoms with E-state index in [-0.39, 0.29) is 0 Å². The number of benzene rings is 4. The van der Waals surface area contributed by atoms with E-state index < -0.39 is 0 Å². The summed E-state index contributed by atoms with van der Waals surface area (Å²) in [6.45, 7) is 1.72. The number of para-hydroxylation sites is 2. The van der Waals surface area contributed by atoms with Crippen LogP contribution in [0.1, 0.15) is 0 Å². The molecule has 2 heterocycles. The number of fused-ring (bicyclic) bond motifs is 3. The van der Waals surface area contributed by atoms with Gasteiger partial charge in [0.1, 0.15) is 0 Å². The average molecular weight is 393 g/mol. The zero-order chi connectivity index (χ0) is 20.2. The van der Waals surface area contributed by atoms with Crippen LogP contribution in [0.2, 0.25) is 0 Å². The maximum Gasteiger partial charge on any atom is 0.0950 e. The normalized spacial score (nSPS) is 15.1. The fourth-order valence-corrected chi connectivity index (χ4v) is 4.75. The fraction of sp³-hybridized carbons (Fsp3) is 0.154. The van der Waals surface area contributed by atoms with E-state index in [1.54, 1.807) is 0 Å². The summed E-state index contributed by atoms with van der Waals surface area (Å²) in [6, 6.07) is 30.8. The lowest BCUT2D eigenvalue weighted by molar-refractivity contribution is 0.940. The molecule has 0 aromatic heterocycles. The van der Waals surface area contributed by atoms with Crippen molar-refractivity contribution in [1.29, 1.82) is 0 Å². The summed E-state index contributed by atoms with van der Waals surface area (Å²) in [6.07, 6.45) is 0. The van der Waals surface area contributed by atoms with Crippen molar-refractivity contribution in [2.75, 3.05) is 47.0 Å². The van der Waals surface area contributed by atoms with E-state index in [9.17, 15) is 0 Å². The highest BCUT2D eigenvalue weighted by Gasteiger charge is 2.27. The van der Waals surface area contributed by atoms with Gasteiger partial charge in [0, 0.05) is 25.5 Å². The minimum absolute atomic E-state index is 0.853. The van der Waals surface area contributed by atoms with Crippen molar-refractivity contribution < 1.29 is 0 Å². The molecule has 2 aliphatic heterocycles. The predicted molar refractivity (Wildman–Crippen MR) is 128 cm³/mol. The van der Waals surface area contributed by atoms with Crippen LogP contribution < -0.4 is 19.6 Å². The smallest absolute Gasteiger partial charge is 0.0950 e. The minimum atomic E-state index is 0.853. The largest absolute Gasteiger partial charge is 0.355 e. The van der Waals surface area contributed by atoms with Crippen LogP contribution in [0.3, 0.4) is 0 Å². The molecular formula is C26H24N4. The quantitative estimate of drug-likeness (QED) is 0.419. The Morgan fingerprint density at radius 3 is 1.73 bits per heavy atom. The maximum absolute atomic E-state index is 2.41. The lowest BCUT2D eigenvalue weighted by Gasteiger charge is -2.24. The van der Waals surface area contributed by atoms with Gasteiger partial charge in [-0.1, -0.05) is 42.5 Å². The minimum Gasteiger partial charge on any atom is -0.355 e. The molecule has 4 nitrogen and oxygen atoms in total. The second kappa shape index (κ2) is 6.42. The Bertz CT molecular complexity index is 1260. The van der Waals surface area contributed by atoms with Gasteiger partial charge in [-0.15, -0.1) is 0 Å². The fourth-order valence-electron chi connectivity index (χ4n) is 4.75. The van der Waals surface area contributed by atoms with Crippen molar-refractivity contribution in [2.24, 2.45) is 0 Å². The van der Waals surface area contributed by atoms with Crippen LogP contribution in [0.5, 0.6) is 0 Å². The second-order valence-corrected chi connectivity index (χ2v) is 8.23. The number of anilines is 6. The van der Waals surface area contributed by atoms with Crippen molar-refractivity contribution in [2.45, 2.75) is 0 Å². The summed E-state index contributed by atoms with van der Waals surface area (Å²) in [5.74, 6) is 0. The van der Waals surface area contributed by atoms with Crippen molar-refractivity contribution in [3.63, 3.8) is 0 Å². The molecule has 4 heteroatoms. The van der Waals surface area contributed by atoms with Gasteiger partial charge in [-0.2, -0.15) is 0 Å². The molecule has 0 atom stereocenters. The van der Waals surface area contributed by atoms with Gasteiger partial charge in [-0.25, -0.2) is 0 Å². The number of hydrogen-bond acceptors (Lipinski definition) is 4. The third kappa shape index (κ3) is 2.53. The standard InChI is InChI=1S/C26H24N4/c1-27-17-29(24-13-6-5-12-23(24)27)21-10-7-11-22(16-21)30-18-28(2)25-14-19-8-3-4-9-20(19)15-26(25)30/h3-16H,17-18H2,1-2H3. The van der Waals surface area contributed by atoms with E-state index in [2.05, 4.69) is 119 Å². The molecule has 30 heavy (non-hydrogen) atoms. The number of nitrogens with zero attached hydrogens (tertiary/aromatic N) is 4. The van der Waals surface area contributed by atoms with Crippen molar-refractivity contribution in [3.8, 4) is 0 Å². The van der Waals surface area contributed by atoms with Crippen molar-refractivity contribution in [1.82, 2.24) is 0 Å². The highest BCUT2D eigenvalue weighted by Crippen LogP contribution is 2.44. The zero-order valence-electron chi connectivity index (χ0n) is 17.3. The third-order valence-electron chi connectivity index (χ3n) is 6.29. The molecule has 0 spiro atoms. The van der Waals surface area contributed by atoms with E-state index in [0.717, 1.165) is 13.3 Å². The van der Waals surface area contributed by atoms with Gasteiger partial charge in [-0.3, -0.25) is 0 Å². The van der Waals surface area contributed by atoms with E-state index >= 15 is 0 Å². The highest BCUT2D eigenvalue weighted by molar-refractivity contribution is 5.96. The summed E-state index contributed by atoms with van der Waals surface area (Å²) >= 11 is 0. The van der Waals surface area contributed by atoms with E-state index in [1.165, 1.54) is 44.9 Å². The lowest BCUT2D eigenvalue weighted by Crippen LogP contribution is -2.25. The van der Waals surface area contributed by atoms with E-state index in [1.807, 2.05) is 0 Å². The number of rotatable bonds is 2. The van der Waals surface area contributed by atoms with Gasteiger partial charge in [-0.05, 0) is 53.2 Å². The first kappa shape index (κ1) is 17.2. The summed E-state index contributed by atoms with van der Waals surface area (Å²) in [4.78, 5) is 9.43. The Labute approximate surface area is 177 Å². The van der Waals surface area contributed by atoms with E-state index in [0.29, 0.717) is 0 Å². The lowest BCUT2D eigenvalue weighted by atomic mass is 10.1. The summed E-state index contributed by atoms with van der Waals surface area (Å²) < 4.78 is 0. The van der Waals surface area contributed by atoms with Gasteiger partial charge >= 0.3 is 0 Å². The molecule has 0 amide bonds. The van der Waals surface area contributed by atoms with Gasteiger partial charge in [0.25, 0.3) is 0 Å². The van der Waals surface area contributed by atoms with Crippen LogP contribution in [0.4, 0.5) is 34.1 Å². The van der Waals surface area contributed by atoms with Crippen LogP contribution >= 0.6 is 0 Å². The monoisotopic (exact) mass is 392 g/mol. The van der Waals surface area contributed by atoms with E-state index in [4.69, 9.17) is 0 Å². The zero-order valence-corrected chi connectivity index (χ0v) is 17.3. The molecule has 0 aliphatic carbocycles. The Kier molecular flexibility index (Phi) is 3.69. The molecule has 0 saturated carbocycles. The molecular weight excluding hydrogens is 368 g/mol. The van der Waals surface area contributed by atoms with Gasteiger partial charge < -0.3 is 19.6 Å². The Balaban J connectivity index is 1.42. The summed E-state index contributed by atoms with van der Waals surface area (Å²) in [5.41, 5.74) is 7.54. The number of hydrogen-bond donors (Lipinski definition) is 0. The molecule has 0 N–H and O–H groups in total. The Hall–Kier alpha value is -3.66. The first-order chi connectivity index (χ1) is 14.7. The molecule has 0 radical (unpaired) electrons. The molecule has 4 aromatic carbocycles. The van der Waals surface area contributed by atoms with Crippen LogP contribution in [0, 0.1) is 0 Å². The third-order valence-corrected chi connectivity index (χ3v) is 6.29. The van der Waals surface area contributed by atoms with Crippen molar-refractivity contribution in [3.05, 3.63) is 84.9 Å². The Morgan fingerprint density at radius 1 is 0.500 bits per heavy atom. The summed E-state index contributed by atoms with van der Waals surface area (Å²) in [5, 5.41) is 2.57. The molecule has 0 saturated heterocycles.